The summed E-state index contributed by atoms with van der Waals surface area (Å²) in [6, 6.07) is 14.6. The number of benzene rings is 2. The second kappa shape index (κ2) is 9.03. The van der Waals surface area contributed by atoms with Crippen LogP contribution in [0.2, 0.25) is 0 Å². The Balaban J connectivity index is 1.58. The molecule has 1 atom stereocenters. The van der Waals surface area contributed by atoms with Gasteiger partial charge >= 0.3 is 0 Å². The summed E-state index contributed by atoms with van der Waals surface area (Å²) >= 11 is 0. The van der Waals surface area contributed by atoms with E-state index < -0.39 is 0 Å². The lowest BCUT2D eigenvalue weighted by atomic mass is 9.82. The van der Waals surface area contributed by atoms with Crippen LogP contribution in [0.3, 0.4) is 0 Å². The van der Waals surface area contributed by atoms with Crippen molar-refractivity contribution in [2.24, 2.45) is 11.8 Å². The van der Waals surface area contributed by atoms with Gasteiger partial charge in [-0.25, -0.2) is 4.39 Å². The third-order valence-corrected chi connectivity index (χ3v) is 5.40. The van der Waals surface area contributed by atoms with Crippen molar-refractivity contribution in [1.82, 2.24) is 0 Å². The van der Waals surface area contributed by atoms with Crippen LogP contribution in [-0.4, -0.2) is 0 Å². The van der Waals surface area contributed by atoms with Crippen molar-refractivity contribution in [1.29, 1.82) is 0 Å². The SMILES string of the molecule is CC(CCc1ccccc1Oc1ccccc1F)CC1CCCCC1. The molecule has 3 rings (SSSR count). The van der Waals surface area contributed by atoms with E-state index in [2.05, 4.69) is 13.0 Å². The molecule has 2 aromatic rings. The Kier molecular flexibility index (Phi) is 6.49. The summed E-state index contributed by atoms with van der Waals surface area (Å²) in [5, 5.41) is 0. The highest BCUT2D eigenvalue weighted by atomic mass is 19.1. The Labute approximate surface area is 151 Å². The fraction of sp³-hybridized carbons (Fsp3) is 0.478. The summed E-state index contributed by atoms with van der Waals surface area (Å²) in [5.41, 5.74) is 1.17. The van der Waals surface area contributed by atoms with Gasteiger partial charge in [-0.15, -0.1) is 0 Å². The zero-order valence-electron chi connectivity index (χ0n) is 15.2. The lowest BCUT2D eigenvalue weighted by molar-refractivity contribution is 0.289. The Morgan fingerprint density at radius 2 is 1.64 bits per heavy atom. The Morgan fingerprint density at radius 3 is 2.40 bits per heavy atom. The highest BCUT2D eigenvalue weighted by Crippen LogP contribution is 2.32. The van der Waals surface area contributed by atoms with Crippen LogP contribution in [-0.2, 0) is 6.42 Å². The molecule has 2 aromatic carbocycles. The molecule has 0 spiro atoms. The standard InChI is InChI=1S/C23H29FO/c1-18(17-19-9-3-2-4-10-19)15-16-20-11-5-7-13-22(20)25-23-14-8-6-12-21(23)24/h5-8,11-14,18-19H,2-4,9-10,15-17H2,1H3. The third kappa shape index (κ3) is 5.32. The van der Waals surface area contributed by atoms with Gasteiger partial charge in [0.25, 0.3) is 0 Å². The number of hydrogen-bond donors (Lipinski definition) is 0. The van der Waals surface area contributed by atoms with Crippen LogP contribution < -0.4 is 4.74 Å². The largest absolute Gasteiger partial charge is 0.454 e. The first-order valence-electron chi connectivity index (χ1n) is 9.72. The van der Waals surface area contributed by atoms with E-state index in [1.54, 1.807) is 18.2 Å². The molecule has 1 saturated carbocycles. The molecule has 0 heterocycles. The van der Waals surface area contributed by atoms with Crippen LogP contribution in [0.4, 0.5) is 4.39 Å². The number of halogens is 1. The first kappa shape index (κ1) is 18.0. The molecule has 1 aliphatic carbocycles. The molecule has 134 valence electrons. The third-order valence-electron chi connectivity index (χ3n) is 5.40. The predicted octanol–water partition coefficient (Wildman–Crippen LogP) is 7.16. The van der Waals surface area contributed by atoms with Crippen molar-refractivity contribution < 1.29 is 9.13 Å². The first-order valence-corrected chi connectivity index (χ1v) is 9.72. The molecule has 0 aromatic heterocycles. The van der Waals surface area contributed by atoms with Gasteiger partial charge in [0, 0.05) is 0 Å². The van der Waals surface area contributed by atoms with Gasteiger partial charge < -0.3 is 4.74 Å². The Morgan fingerprint density at radius 1 is 0.960 bits per heavy atom. The van der Waals surface area contributed by atoms with Crippen molar-refractivity contribution >= 4 is 0 Å². The fourth-order valence-electron chi connectivity index (χ4n) is 3.97. The smallest absolute Gasteiger partial charge is 0.165 e. The lowest BCUT2D eigenvalue weighted by Gasteiger charge is -2.24. The Hall–Kier alpha value is -1.83. The molecule has 0 radical (unpaired) electrons. The maximum atomic E-state index is 13.9. The molecular weight excluding hydrogens is 311 g/mol. The van der Waals surface area contributed by atoms with Gasteiger partial charge in [0.15, 0.2) is 11.6 Å². The van der Waals surface area contributed by atoms with E-state index in [1.165, 1.54) is 50.2 Å². The second-order valence-electron chi connectivity index (χ2n) is 7.52. The molecule has 1 aliphatic rings. The van der Waals surface area contributed by atoms with Gasteiger partial charge in [-0.3, -0.25) is 0 Å². The zero-order valence-corrected chi connectivity index (χ0v) is 15.2. The molecule has 1 unspecified atom stereocenters. The van der Waals surface area contributed by atoms with Gasteiger partial charge in [-0.05, 0) is 54.9 Å². The number of ether oxygens (including phenoxy) is 1. The van der Waals surface area contributed by atoms with E-state index in [1.807, 2.05) is 18.2 Å². The van der Waals surface area contributed by atoms with Crippen LogP contribution in [0.25, 0.3) is 0 Å². The minimum absolute atomic E-state index is 0.296. The van der Waals surface area contributed by atoms with Gasteiger partial charge in [0.2, 0.25) is 0 Å². The molecule has 0 saturated heterocycles. The van der Waals surface area contributed by atoms with Gasteiger partial charge in [-0.1, -0.05) is 69.4 Å². The van der Waals surface area contributed by atoms with E-state index in [9.17, 15) is 4.39 Å². The number of rotatable bonds is 7. The maximum Gasteiger partial charge on any atom is 0.165 e. The van der Waals surface area contributed by atoms with Crippen molar-refractivity contribution in [3.8, 4) is 11.5 Å². The lowest BCUT2D eigenvalue weighted by Crippen LogP contribution is -2.11. The molecule has 0 amide bonds. The summed E-state index contributed by atoms with van der Waals surface area (Å²) < 4.78 is 19.7. The quantitative estimate of drug-likeness (QED) is 0.519. The molecule has 0 bridgehead atoms. The summed E-state index contributed by atoms with van der Waals surface area (Å²) in [5.74, 6) is 2.41. The van der Waals surface area contributed by atoms with Crippen molar-refractivity contribution in [2.75, 3.05) is 0 Å². The average molecular weight is 340 g/mol. The summed E-state index contributed by atoms with van der Waals surface area (Å²) in [6.45, 7) is 2.37. The molecule has 2 heteroatoms. The van der Waals surface area contributed by atoms with Crippen LogP contribution in [0.5, 0.6) is 11.5 Å². The van der Waals surface area contributed by atoms with Crippen LogP contribution in [0.1, 0.15) is 57.4 Å². The van der Waals surface area contributed by atoms with Gasteiger partial charge in [-0.2, -0.15) is 0 Å². The van der Waals surface area contributed by atoms with Crippen molar-refractivity contribution in [3.63, 3.8) is 0 Å². The predicted molar refractivity (Wildman–Crippen MR) is 102 cm³/mol. The van der Waals surface area contributed by atoms with E-state index in [4.69, 9.17) is 4.74 Å². The van der Waals surface area contributed by atoms with Gasteiger partial charge in [0.1, 0.15) is 5.75 Å². The highest BCUT2D eigenvalue weighted by molar-refractivity contribution is 5.38. The maximum absolute atomic E-state index is 13.9. The number of aryl methyl sites for hydroxylation is 1. The van der Waals surface area contributed by atoms with E-state index in [0.29, 0.717) is 5.75 Å². The fourth-order valence-corrected chi connectivity index (χ4v) is 3.97. The van der Waals surface area contributed by atoms with Crippen molar-refractivity contribution in [2.45, 2.75) is 58.3 Å². The van der Waals surface area contributed by atoms with Crippen LogP contribution in [0.15, 0.2) is 48.5 Å². The topological polar surface area (TPSA) is 9.23 Å². The first-order chi connectivity index (χ1) is 12.2. The van der Waals surface area contributed by atoms with E-state index >= 15 is 0 Å². The number of para-hydroxylation sites is 2. The average Bonchev–Trinajstić information content (AvgIpc) is 2.64. The highest BCUT2D eigenvalue weighted by Gasteiger charge is 2.17. The normalized spacial score (nSPS) is 16.6. The minimum Gasteiger partial charge on any atom is -0.454 e. The molecule has 0 aliphatic heterocycles. The van der Waals surface area contributed by atoms with E-state index in [-0.39, 0.29) is 5.82 Å². The zero-order chi connectivity index (χ0) is 17.5. The summed E-state index contributed by atoms with van der Waals surface area (Å²) in [6.07, 6.45) is 10.6. The van der Waals surface area contributed by atoms with Crippen LogP contribution >= 0.6 is 0 Å². The molecular formula is C23H29FO. The molecule has 0 N–H and O–H groups in total. The molecule has 25 heavy (non-hydrogen) atoms. The molecule has 1 nitrogen and oxygen atoms in total. The van der Waals surface area contributed by atoms with Gasteiger partial charge in [0.05, 0.1) is 0 Å². The van der Waals surface area contributed by atoms with E-state index in [0.717, 1.165) is 30.4 Å². The van der Waals surface area contributed by atoms with Crippen LogP contribution in [0, 0.1) is 17.7 Å². The number of hydrogen-bond acceptors (Lipinski definition) is 1. The molecule has 1 fully saturated rings. The summed E-state index contributed by atoms with van der Waals surface area (Å²) in [4.78, 5) is 0. The van der Waals surface area contributed by atoms with Crippen molar-refractivity contribution in [3.05, 3.63) is 59.9 Å². The monoisotopic (exact) mass is 340 g/mol. The summed E-state index contributed by atoms with van der Waals surface area (Å²) in [7, 11) is 0. The second-order valence-corrected chi connectivity index (χ2v) is 7.52. The minimum atomic E-state index is -0.317. The Bertz CT molecular complexity index is 661.